The molecule has 1 unspecified atom stereocenters. The van der Waals surface area contributed by atoms with E-state index in [1.165, 1.54) is 9.80 Å². The predicted octanol–water partition coefficient (Wildman–Crippen LogP) is 3.93. The van der Waals surface area contributed by atoms with Crippen LogP contribution < -0.4 is 0 Å². The summed E-state index contributed by atoms with van der Waals surface area (Å²) in [5.74, 6) is -1.74. The van der Waals surface area contributed by atoms with Gasteiger partial charge in [0.05, 0.1) is 11.5 Å². The quantitative estimate of drug-likeness (QED) is 0.632. The van der Waals surface area contributed by atoms with Crippen molar-refractivity contribution in [2.75, 3.05) is 27.2 Å². The van der Waals surface area contributed by atoms with Crippen molar-refractivity contribution in [2.45, 2.75) is 25.1 Å². The largest absolute Gasteiger partial charge is 0.447 e. The van der Waals surface area contributed by atoms with Crippen molar-refractivity contribution < 1.29 is 32.3 Å². The number of hydrogen-bond donors (Lipinski definition) is 0. The molecule has 9 heteroatoms. The van der Waals surface area contributed by atoms with Gasteiger partial charge in [0.25, 0.3) is 11.8 Å². The second kappa shape index (κ2) is 10.1. The van der Waals surface area contributed by atoms with E-state index >= 15 is 0 Å². The van der Waals surface area contributed by atoms with E-state index in [9.17, 15) is 27.6 Å². The van der Waals surface area contributed by atoms with E-state index in [4.69, 9.17) is 4.74 Å². The molecule has 3 rings (SSSR count). The van der Waals surface area contributed by atoms with Crippen LogP contribution in [0.5, 0.6) is 0 Å². The number of amides is 2. The number of piperidine rings is 1. The molecule has 0 bridgehead atoms. The molecule has 1 fully saturated rings. The summed E-state index contributed by atoms with van der Waals surface area (Å²) >= 11 is 0. The van der Waals surface area contributed by atoms with Crippen LogP contribution in [0.15, 0.2) is 54.6 Å². The molecule has 0 radical (unpaired) electrons. The summed E-state index contributed by atoms with van der Waals surface area (Å²) < 4.78 is 43.8. The van der Waals surface area contributed by atoms with Crippen molar-refractivity contribution in [2.24, 2.45) is 5.92 Å². The van der Waals surface area contributed by atoms with Crippen LogP contribution in [0.2, 0.25) is 0 Å². The predicted molar refractivity (Wildman–Crippen MR) is 114 cm³/mol. The van der Waals surface area contributed by atoms with Gasteiger partial charge in [-0.1, -0.05) is 30.3 Å². The number of rotatable bonds is 5. The molecule has 1 saturated heterocycles. The molecular formula is C24H25F3N2O4. The number of esters is 1. The summed E-state index contributed by atoms with van der Waals surface area (Å²) in [5.41, 5.74) is -0.0926. The van der Waals surface area contributed by atoms with Gasteiger partial charge in [0.1, 0.15) is 0 Å². The maximum absolute atomic E-state index is 12.8. The second-order valence-electron chi connectivity index (χ2n) is 8.10. The average molecular weight is 462 g/mol. The lowest BCUT2D eigenvalue weighted by atomic mass is 9.96. The minimum absolute atomic E-state index is 0.157. The van der Waals surface area contributed by atoms with Crippen LogP contribution in [-0.2, 0) is 20.5 Å². The second-order valence-corrected chi connectivity index (χ2v) is 8.10. The standard InChI is InChI=1S/C24H25F3N2O4/c1-28(2)22(31)20(16-6-4-3-5-7-16)33-23(32)18-12-14-29(15-13-18)21(30)17-8-10-19(11-9-17)24(25,26)27/h3-11,18,20H,12-15H2,1-2H3. The molecule has 6 nitrogen and oxygen atoms in total. The number of carbonyl (C=O) groups is 3. The molecule has 2 amide bonds. The van der Waals surface area contributed by atoms with Gasteiger partial charge < -0.3 is 14.5 Å². The molecular weight excluding hydrogens is 437 g/mol. The highest BCUT2D eigenvalue weighted by atomic mass is 19.4. The number of hydrogen-bond acceptors (Lipinski definition) is 4. The number of carbonyl (C=O) groups excluding carboxylic acids is 3. The van der Waals surface area contributed by atoms with E-state index in [2.05, 4.69) is 0 Å². The van der Waals surface area contributed by atoms with Crippen LogP contribution in [0.1, 0.15) is 40.4 Å². The molecule has 0 aliphatic carbocycles. The van der Waals surface area contributed by atoms with Crippen molar-refractivity contribution in [1.29, 1.82) is 0 Å². The Morgan fingerprint density at radius 3 is 2.06 bits per heavy atom. The third kappa shape index (κ3) is 5.91. The maximum Gasteiger partial charge on any atom is 0.416 e. The summed E-state index contributed by atoms with van der Waals surface area (Å²) in [6.45, 7) is 0.522. The Morgan fingerprint density at radius 2 is 1.55 bits per heavy atom. The van der Waals surface area contributed by atoms with E-state index in [0.29, 0.717) is 18.4 Å². The van der Waals surface area contributed by atoms with Crippen molar-refractivity contribution in [1.82, 2.24) is 9.80 Å². The molecule has 0 saturated carbocycles. The van der Waals surface area contributed by atoms with E-state index in [1.807, 2.05) is 0 Å². The van der Waals surface area contributed by atoms with E-state index in [-0.39, 0.29) is 30.5 Å². The van der Waals surface area contributed by atoms with Gasteiger partial charge >= 0.3 is 12.1 Å². The number of benzene rings is 2. The SMILES string of the molecule is CN(C)C(=O)C(OC(=O)C1CCN(C(=O)c2ccc(C(F)(F)F)cc2)CC1)c1ccccc1. The minimum atomic E-state index is -4.47. The van der Waals surface area contributed by atoms with Crippen molar-refractivity contribution in [3.05, 3.63) is 71.3 Å². The van der Waals surface area contributed by atoms with Gasteiger partial charge in [0, 0.05) is 38.3 Å². The van der Waals surface area contributed by atoms with Crippen molar-refractivity contribution >= 4 is 17.8 Å². The van der Waals surface area contributed by atoms with E-state index in [0.717, 1.165) is 24.3 Å². The molecule has 0 spiro atoms. The highest BCUT2D eigenvalue weighted by molar-refractivity contribution is 5.94. The van der Waals surface area contributed by atoms with Crippen molar-refractivity contribution in [3.8, 4) is 0 Å². The molecule has 176 valence electrons. The Labute approximate surface area is 189 Å². The Morgan fingerprint density at radius 1 is 0.970 bits per heavy atom. The van der Waals surface area contributed by atoms with Gasteiger partial charge in [-0.2, -0.15) is 13.2 Å². The fourth-order valence-corrected chi connectivity index (χ4v) is 3.64. The first-order chi connectivity index (χ1) is 15.6. The Hall–Kier alpha value is -3.36. The van der Waals surface area contributed by atoms with Gasteiger partial charge in [-0.15, -0.1) is 0 Å². The number of nitrogens with zero attached hydrogens (tertiary/aromatic N) is 2. The molecule has 1 atom stereocenters. The zero-order chi connectivity index (χ0) is 24.2. The van der Waals surface area contributed by atoms with Gasteiger partial charge in [0.15, 0.2) is 0 Å². The fraction of sp³-hybridized carbons (Fsp3) is 0.375. The number of halogens is 3. The molecule has 0 N–H and O–H groups in total. The van der Waals surface area contributed by atoms with Gasteiger partial charge in [0.2, 0.25) is 6.10 Å². The molecule has 33 heavy (non-hydrogen) atoms. The molecule has 2 aromatic carbocycles. The number of alkyl halides is 3. The average Bonchev–Trinajstić information content (AvgIpc) is 2.81. The number of ether oxygens (including phenoxy) is 1. The summed E-state index contributed by atoms with van der Waals surface area (Å²) in [4.78, 5) is 40.9. The molecule has 0 aromatic heterocycles. The van der Waals surface area contributed by atoms with Crippen LogP contribution in [0.3, 0.4) is 0 Å². The van der Waals surface area contributed by atoms with Crippen LogP contribution in [-0.4, -0.2) is 54.8 Å². The lowest BCUT2D eigenvalue weighted by Gasteiger charge is -2.32. The van der Waals surface area contributed by atoms with Crippen molar-refractivity contribution in [3.63, 3.8) is 0 Å². The lowest BCUT2D eigenvalue weighted by Crippen LogP contribution is -2.41. The van der Waals surface area contributed by atoms with Crippen LogP contribution in [0.4, 0.5) is 13.2 Å². The topological polar surface area (TPSA) is 66.9 Å². The summed E-state index contributed by atoms with van der Waals surface area (Å²) in [6.07, 6.45) is -4.85. The third-order valence-corrected chi connectivity index (χ3v) is 5.58. The Bertz CT molecular complexity index is 983. The lowest BCUT2D eigenvalue weighted by molar-refractivity contribution is -0.164. The molecule has 1 aliphatic heterocycles. The molecule has 1 aliphatic rings. The van der Waals surface area contributed by atoms with Gasteiger partial charge in [-0.05, 0) is 37.1 Å². The Balaban J connectivity index is 1.61. The van der Waals surface area contributed by atoms with Crippen LogP contribution in [0, 0.1) is 5.92 Å². The normalized spacial score (nSPS) is 15.6. The summed E-state index contributed by atoms with van der Waals surface area (Å²) in [7, 11) is 3.16. The summed E-state index contributed by atoms with van der Waals surface area (Å²) in [5, 5.41) is 0. The molecule has 2 aromatic rings. The zero-order valence-electron chi connectivity index (χ0n) is 18.3. The van der Waals surface area contributed by atoms with Gasteiger partial charge in [-0.3, -0.25) is 14.4 Å². The van der Waals surface area contributed by atoms with E-state index in [1.54, 1.807) is 44.4 Å². The minimum Gasteiger partial charge on any atom is -0.447 e. The van der Waals surface area contributed by atoms with Crippen LogP contribution >= 0.6 is 0 Å². The molecule has 1 heterocycles. The monoisotopic (exact) mass is 462 g/mol. The van der Waals surface area contributed by atoms with E-state index < -0.39 is 29.7 Å². The first kappa shape index (κ1) is 24.3. The third-order valence-electron chi connectivity index (χ3n) is 5.58. The number of likely N-dealkylation sites (tertiary alicyclic amines) is 1. The zero-order valence-corrected chi connectivity index (χ0v) is 18.3. The fourth-order valence-electron chi connectivity index (χ4n) is 3.64. The maximum atomic E-state index is 12.8. The van der Waals surface area contributed by atoms with Crippen LogP contribution in [0.25, 0.3) is 0 Å². The Kier molecular flexibility index (Phi) is 7.40. The van der Waals surface area contributed by atoms with Gasteiger partial charge in [-0.25, -0.2) is 0 Å². The first-order valence-electron chi connectivity index (χ1n) is 10.5. The summed E-state index contributed by atoms with van der Waals surface area (Å²) in [6, 6.07) is 12.8. The first-order valence-corrected chi connectivity index (χ1v) is 10.5. The highest BCUT2D eigenvalue weighted by Gasteiger charge is 2.34. The number of likely N-dealkylation sites (N-methyl/N-ethyl adjacent to an activating group) is 1. The smallest absolute Gasteiger partial charge is 0.416 e. The highest BCUT2D eigenvalue weighted by Crippen LogP contribution is 2.30.